The Balaban J connectivity index is 1.50. The number of thioether (sulfide) groups is 1. The van der Waals surface area contributed by atoms with Gasteiger partial charge < -0.3 is 19.2 Å². The van der Waals surface area contributed by atoms with Crippen molar-refractivity contribution in [1.82, 2.24) is 20.1 Å². The first-order valence-electron chi connectivity index (χ1n) is 9.39. The van der Waals surface area contributed by atoms with E-state index in [9.17, 15) is 4.79 Å². The van der Waals surface area contributed by atoms with Gasteiger partial charge in [0.05, 0.1) is 30.9 Å². The number of rotatable bonds is 8. The van der Waals surface area contributed by atoms with Gasteiger partial charge in [-0.15, -0.1) is 10.2 Å². The van der Waals surface area contributed by atoms with E-state index in [1.54, 1.807) is 19.4 Å². The molecule has 1 aliphatic rings. The summed E-state index contributed by atoms with van der Waals surface area (Å²) in [7, 11) is 1.62. The van der Waals surface area contributed by atoms with E-state index >= 15 is 0 Å². The highest BCUT2D eigenvalue weighted by molar-refractivity contribution is 7.99. The minimum atomic E-state index is -0.0608. The average molecular weight is 414 g/mol. The number of nitrogens with zero attached hydrogens (tertiary/aromatic N) is 3. The van der Waals surface area contributed by atoms with Crippen LogP contribution in [0.3, 0.4) is 0 Å². The van der Waals surface area contributed by atoms with E-state index in [4.69, 9.17) is 13.9 Å². The number of hydrogen-bond acceptors (Lipinski definition) is 7. The van der Waals surface area contributed by atoms with Gasteiger partial charge in [-0.1, -0.05) is 11.8 Å². The van der Waals surface area contributed by atoms with Gasteiger partial charge in [0.15, 0.2) is 10.9 Å². The van der Waals surface area contributed by atoms with Crippen LogP contribution in [-0.4, -0.2) is 52.8 Å². The second kappa shape index (κ2) is 9.15. The number of ether oxygens (including phenoxy) is 2. The minimum Gasteiger partial charge on any atom is -0.497 e. The topological polar surface area (TPSA) is 91.4 Å². The molecule has 4 rings (SSSR count). The molecule has 9 heteroatoms. The molecule has 0 aliphatic carbocycles. The van der Waals surface area contributed by atoms with Gasteiger partial charge in [-0.3, -0.25) is 9.36 Å². The maximum absolute atomic E-state index is 12.3. The Hall–Kier alpha value is -2.78. The van der Waals surface area contributed by atoms with Crippen molar-refractivity contribution in [2.24, 2.45) is 0 Å². The summed E-state index contributed by atoms with van der Waals surface area (Å²) in [4.78, 5) is 12.3. The number of methoxy groups -OCH3 is 1. The molecule has 0 radical (unpaired) electrons. The van der Waals surface area contributed by atoms with Crippen molar-refractivity contribution in [3.63, 3.8) is 0 Å². The summed E-state index contributed by atoms with van der Waals surface area (Å²) in [5.74, 6) is 2.10. The molecule has 2 aromatic heterocycles. The van der Waals surface area contributed by atoms with Crippen molar-refractivity contribution >= 4 is 17.7 Å². The normalized spacial score (nSPS) is 16.1. The standard InChI is InChI=1S/C20H22N4O4S/c1-26-15-8-6-14(7-9-15)24-19(17-5-3-11-28-17)22-23-20(24)29-13-18(25)21-12-16-4-2-10-27-16/h3,5-9,11,16H,2,4,10,12-13H2,1H3,(H,21,25). The Labute approximate surface area is 172 Å². The molecule has 0 spiro atoms. The maximum Gasteiger partial charge on any atom is 0.230 e. The quantitative estimate of drug-likeness (QED) is 0.567. The Bertz CT molecular complexity index is 934. The average Bonchev–Trinajstić information content (AvgIpc) is 3.52. The van der Waals surface area contributed by atoms with Crippen LogP contribution in [0.15, 0.2) is 52.2 Å². The van der Waals surface area contributed by atoms with Crippen LogP contribution in [0.2, 0.25) is 0 Å². The molecule has 0 bridgehead atoms. The third-order valence-electron chi connectivity index (χ3n) is 4.59. The smallest absolute Gasteiger partial charge is 0.230 e. The van der Waals surface area contributed by atoms with Gasteiger partial charge in [-0.05, 0) is 49.2 Å². The number of carbonyl (C=O) groups is 1. The Morgan fingerprint density at radius 3 is 2.86 bits per heavy atom. The molecule has 1 N–H and O–H groups in total. The molecule has 29 heavy (non-hydrogen) atoms. The van der Waals surface area contributed by atoms with Crippen LogP contribution in [0, 0.1) is 0 Å². The first-order valence-corrected chi connectivity index (χ1v) is 10.4. The van der Waals surface area contributed by atoms with Crippen molar-refractivity contribution in [2.75, 3.05) is 26.0 Å². The van der Waals surface area contributed by atoms with Gasteiger partial charge in [0.2, 0.25) is 11.7 Å². The molecule has 3 heterocycles. The van der Waals surface area contributed by atoms with Crippen LogP contribution in [0.25, 0.3) is 17.3 Å². The van der Waals surface area contributed by atoms with Crippen LogP contribution in [0.5, 0.6) is 5.75 Å². The number of amides is 1. The fourth-order valence-corrected chi connectivity index (χ4v) is 3.89. The molecule has 152 valence electrons. The van der Waals surface area contributed by atoms with Crippen molar-refractivity contribution in [1.29, 1.82) is 0 Å². The van der Waals surface area contributed by atoms with E-state index in [1.165, 1.54) is 11.8 Å². The SMILES string of the molecule is COc1ccc(-n2c(SCC(=O)NCC3CCCO3)nnc2-c2ccco2)cc1. The van der Waals surface area contributed by atoms with E-state index in [0.29, 0.717) is 23.3 Å². The molecule has 1 unspecified atom stereocenters. The number of aromatic nitrogens is 3. The van der Waals surface area contributed by atoms with E-state index < -0.39 is 0 Å². The van der Waals surface area contributed by atoms with Gasteiger partial charge >= 0.3 is 0 Å². The van der Waals surface area contributed by atoms with E-state index in [0.717, 1.165) is 30.9 Å². The van der Waals surface area contributed by atoms with Crippen LogP contribution in [0.1, 0.15) is 12.8 Å². The van der Waals surface area contributed by atoms with Gasteiger partial charge in [0, 0.05) is 13.2 Å². The predicted octanol–water partition coefficient (Wildman–Crippen LogP) is 2.92. The summed E-state index contributed by atoms with van der Waals surface area (Å²) in [5, 5.41) is 12.1. The molecule has 1 aliphatic heterocycles. The molecule has 3 aromatic rings. The van der Waals surface area contributed by atoms with E-state index in [1.807, 2.05) is 34.9 Å². The largest absolute Gasteiger partial charge is 0.497 e. The fourth-order valence-electron chi connectivity index (χ4n) is 3.11. The first-order chi connectivity index (χ1) is 14.2. The summed E-state index contributed by atoms with van der Waals surface area (Å²) in [6, 6.07) is 11.2. The molecule has 8 nitrogen and oxygen atoms in total. The lowest BCUT2D eigenvalue weighted by atomic mass is 10.2. The molecular weight excluding hydrogens is 392 g/mol. The molecule has 0 saturated carbocycles. The van der Waals surface area contributed by atoms with Crippen molar-refractivity contribution < 1.29 is 18.7 Å². The summed E-state index contributed by atoms with van der Waals surface area (Å²) < 4.78 is 18.2. The van der Waals surface area contributed by atoms with Gasteiger partial charge in [-0.2, -0.15) is 0 Å². The highest BCUT2D eigenvalue weighted by Gasteiger charge is 2.20. The fraction of sp³-hybridized carbons (Fsp3) is 0.350. The minimum absolute atomic E-state index is 0.0608. The van der Waals surface area contributed by atoms with E-state index in [2.05, 4.69) is 15.5 Å². The Morgan fingerprint density at radius 2 is 2.17 bits per heavy atom. The van der Waals surface area contributed by atoms with Gasteiger partial charge in [0.25, 0.3) is 0 Å². The van der Waals surface area contributed by atoms with Crippen LogP contribution in [0.4, 0.5) is 0 Å². The number of benzene rings is 1. The van der Waals surface area contributed by atoms with Crippen molar-refractivity contribution in [3.05, 3.63) is 42.7 Å². The number of furan rings is 1. The number of carbonyl (C=O) groups excluding carboxylic acids is 1. The molecule has 1 aromatic carbocycles. The second-order valence-electron chi connectivity index (χ2n) is 6.54. The molecule has 1 fully saturated rings. The van der Waals surface area contributed by atoms with Crippen molar-refractivity contribution in [2.45, 2.75) is 24.1 Å². The zero-order valence-corrected chi connectivity index (χ0v) is 16.9. The van der Waals surface area contributed by atoms with Gasteiger partial charge in [0.1, 0.15) is 5.75 Å². The van der Waals surface area contributed by atoms with E-state index in [-0.39, 0.29) is 17.8 Å². The summed E-state index contributed by atoms with van der Waals surface area (Å²) in [6.07, 6.45) is 3.76. The molecule has 1 saturated heterocycles. The molecular formula is C20H22N4O4S. The van der Waals surface area contributed by atoms with Crippen molar-refractivity contribution in [3.8, 4) is 23.0 Å². The first kappa shape index (κ1) is 19.5. The summed E-state index contributed by atoms with van der Waals surface area (Å²) in [5.41, 5.74) is 0.851. The monoisotopic (exact) mass is 414 g/mol. The van der Waals surface area contributed by atoms with Crippen LogP contribution < -0.4 is 10.1 Å². The zero-order chi connectivity index (χ0) is 20.1. The van der Waals surface area contributed by atoms with Crippen LogP contribution in [-0.2, 0) is 9.53 Å². The number of hydrogen-bond donors (Lipinski definition) is 1. The Kier molecular flexibility index (Phi) is 6.16. The zero-order valence-electron chi connectivity index (χ0n) is 16.0. The maximum atomic E-state index is 12.3. The lowest BCUT2D eigenvalue weighted by Gasteiger charge is -2.11. The lowest BCUT2D eigenvalue weighted by Crippen LogP contribution is -2.32. The third kappa shape index (κ3) is 4.63. The number of nitrogens with one attached hydrogen (secondary N) is 1. The predicted molar refractivity (Wildman–Crippen MR) is 108 cm³/mol. The Morgan fingerprint density at radius 1 is 1.31 bits per heavy atom. The molecule has 1 atom stereocenters. The molecule has 1 amide bonds. The lowest BCUT2D eigenvalue weighted by molar-refractivity contribution is -0.119. The highest BCUT2D eigenvalue weighted by Crippen LogP contribution is 2.29. The van der Waals surface area contributed by atoms with Gasteiger partial charge in [-0.25, -0.2) is 0 Å². The third-order valence-corrected chi connectivity index (χ3v) is 5.52. The van der Waals surface area contributed by atoms with Crippen LogP contribution >= 0.6 is 11.8 Å². The second-order valence-corrected chi connectivity index (χ2v) is 7.49. The highest BCUT2D eigenvalue weighted by atomic mass is 32.2. The summed E-state index contributed by atoms with van der Waals surface area (Å²) >= 11 is 1.32. The summed E-state index contributed by atoms with van der Waals surface area (Å²) in [6.45, 7) is 1.32.